The lowest BCUT2D eigenvalue weighted by atomic mass is 10.1. The lowest BCUT2D eigenvalue weighted by Crippen LogP contribution is -2.49. The molecule has 1 aliphatic heterocycles. The lowest BCUT2D eigenvalue weighted by molar-refractivity contribution is -0.129. The Bertz CT molecular complexity index is 746. The third kappa shape index (κ3) is 3.99. The number of amides is 2. The van der Waals surface area contributed by atoms with Gasteiger partial charge in [-0.1, -0.05) is 49.4 Å². The molecule has 1 N–H and O–H groups in total. The number of anilines is 1. The quantitative estimate of drug-likeness (QED) is 0.881. The monoisotopic (exact) mass is 338 g/mol. The summed E-state index contributed by atoms with van der Waals surface area (Å²) in [4.78, 5) is 26.4. The molecule has 1 aliphatic rings. The van der Waals surface area contributed by atoms with Crippen LogP contribution in [-0.2, 0) is 16.0 Å². The van der Waals surface area contributed by atoms with E-state index in [9.17, 15) is 9.59 Å². The number of nitrogens with one attached hydrogen (secondary N) is 1. The van der Waals surface area contributed by atoms with Gasteiger partial charge in [0.2, 0.25) is 5.91 Å². The number of hydrogen-bond donors (Lipinski definition) is 1. The minimum atomic E-state index is -0.535. The maximum absolute atomic E-state index is 12.6. The molecule has 0 spiro atoms. The summed E-state index contributed by atoms with van der Waals surface area (Å²) in [6, 6.07) is 17.3. The first-order valence-corrected chi connectivity index (χ1v) is 8.56. The highest BCUT2D eigenvalue weighted by Crippen LogP contribution is 2.34. The second-order valence-electron chi connectivity index (χ2n) is 5.99. The van der Waals surface area contributed by atoms with Crippen LogP contribution >= 0.6 is 0 Å². The van der Waals surface area contributed by atoms with Crippen molar-refractivity contribution < 1.29 is 14.3 Å². The van der Waals surface area contributed by atoms with E-state index in [0.29, 0.717) is 24.4 Å². The molecule has 25 heavy (non-hydrogen) atoms. The van der Waals surface area contributed by atoms with Gasteiger partial charge in [0.15, 0.2) is 6.10 Å². The van der Waals surface area contributed by atoms with E-state index in [4.69, 9.17) is 4.74 Å². The summed E-state index contributed by atoms with van der Waals surface area (Å²) >= 11 is 0. The number of fused-ring (bicyclic) bond motifs is 1. The number of carbonyl (C=O) groups excluding carboxylic acids is 2. The minimum Gasteiger partial charge on any atom is -0.478 e. The normalized spacial score (nSPS) is 16.1. The predicted molar refractivity (Wildman–Crippen MR) is 96.7 cm³/mol. The van der Waals surface area contributed by atoms with E-state index in [1.165, 1.54) is 10.5 Å². The van der Waals surface area contributed by atoms with Crippen LogP contribution in [0.2, 0.25) is 0 Å². The van der Waals surface area contributed by atoms with Crippen LogP contribution in [0.4, 0.5) is 5.69 Å². The lowest BCUT2D eigenvalue weighted by Gasteiger charge is -2.33. The van der Waals surface area contributed by atoms with Crippen molar-refractivity contribution in [3.05, 3.63) is 60.2 Å². The maximum atomic E-state index is 12.6. The Hall–Kier alpha value is -2.82. The summed E-state index contributed by atoms with van der Waals surface area (Å²) in [5.41, 5.74) is 1.82. The first kappa shape index (κ1) is 17.0. The van der Waals surface area contributed by atoms with Gasteiger partial charge in [-0.15, -0.1) is 0 Å². The molecule has 3 rings (SSSR count). The fourth-order valence-electron chi connectivity index (χ4n) is 2.89. The minimum absolute atomic E-state index is 0.00446. The number of ether oxygens (including phenoxy) is 1. The number of rotatable bonds is 6. The zero-order chi connectivity index (χ0) is 17.6. The molecular weight excluding hydrogens is 316 g/mol. The molecule has 0 fully saturated rings. The van der Waals surface area contributed by atoms with Crippen LogP contribution in [-0.4, -0.2) is 31.0 Å². The van der Waals surface area contributed by atoms with E-state index < -0.39 is 6.10 Å². The molecule has 0 aliphatic carbocycles. The SMILES string of the molecule is CC[C@H]1Oc2ccccc2N(CC(=O)NCCc2ccccc2)C1=O. The smallest absolute Gasteiger partial charge is 0.268 e. The zero-order valence-corrected chi connectivity index (χ0v) is 14.3. The number of benzene rings is 2. The molecule has 0 saturated heterocycles. The third-order valence-electron chi connectivity index (χ3n) is 4.22. The topological polar surface area (TPSA) is 58.6 Å². The Morgan fingerprint density at radius 1 is 1.12 bits per heavy atom. The first-order chi connectivity index (χ1) is 12.2. The van der Waals surface area contributed by atoms with Crippen LogP contribution in [0.15, 0.2) is 54.6 Å². The fourth-order valence-corrected chi connectivity index (χ4v) is 2.89. The van der Waals surface area contributed by atoms with Crippen molar-refractivity contribution >= 4 is 17.5 Å². The summed E-state index contributed by atoms with van der Waals surface area (Å²) in [6.45, 7) is 2.44. The van der Waals surface area contributed by atoms with Gasteiger partial charge in [-0.2, -0.15) is 0 Å². The van der Waals surface area contributed by atoms with Crippen LogP contribution in [0.5, 0.6) is 5.75 Å². The Morgan fingerprint density at radius 2 is 1.84 bits per heavy atom. The van der Waals surface area contributed by atoms with Gasteiger partial charge in [-0.05, 0) is 30.5 Å². The summed E-state index contributed by atoms with van der Waals surface area (Å²) in [6.07, 6.45) is 0.795. The molecule has 5 nitrogen and oxygen atoms in total. The van der Waals surface area contributed by atoms with Crippen LogP contribution in [0, 0.1) is 0 Å². The predicted octanol–water partition coefficient (Wildman–Crippen LogP) is 2.55. The van der Waals surface area contributed by atoms with Crippen LogP contribution in [0.3, 0.4) is 0 Å². The Morgan fingerprint density at radius 3 is 2.60 bits per heavy atom. The summed E-state index contributed by atoms with van der Waals surface area (Å²) < 4.78 is 5.72. The Kier molecular flexibility index (Phi) is 5.33. The van der Waals surface area contributed by atoms with Gasteiger partial charge in [0.25, 0.3) is 5.91 Å². The molecule has 130 valence electrons. The summed E-state index contributed by atoms with van der Waals surface area (Å²) in [5.74, 6) is 0.307. The number of nitrogens with zero attached hydrogens (tertiary/aromatic N) is 1. The van der Waals surface area contributed by atoms with Gasteiger partial charge in [-0.25, -0.2) is 0 Å². The van der Waals surface area contributed by atoms with Crippen LogP contribution in [0.1, 0.15) is 18.9 Å². The highest BCUT2D eigenvalue weighted by Gasteiger charge is 2.34. The summed E-state index contributed by atoms with van der Waals surface area (Å²) in [7, 11) is 0. The molecule has 2 amide bonds. The fraction of sp³-hybridized carbons (Fsp3) is 0.300. The molecule has 0 aromatic heterocycles. The number of para-hydroxylation sites is 2. The average molecular weight is 338 g/mol. The Labute approximate surface area is 147 Å². The van der Waals surface area contributed by atoms with Gasteiger partial charge in [0, 0.05) is 6.54 Å². The zero-order valence-electron chi connectivity index (χ0n) is 14.3. The van der Waals surface area contributed by atoms with Crippen molar-refractivity contribution in [1.82, 2.24) is 5.32 Å². The van der Waals surface area contributed by atoms with Gasteiger partial charge < -0.3 is 10.1 Å². The van der Waals surface area contributed by atoms with Crippen molar-refractivity contribution in [3.8, 4) is 5.75 Å². The van der Waals surface area contributed by atoms with Gasteiger partial charge in [0.05, 0.1) is 5.69 Å². The molecule has 1 atom stereocenters. The molecule has 0 radical (unpaired) electrons. The molecule has 2 aromatic rings. The van der Waals surface area contributed by atoms with Gasteiger partial charge >= 0.3 is 0 Å². The van der Waals surface area contributed by atoms with E-state index in [2.05, 4.69) is 5.32 Å². The number of hydrogen-bond acceptors (Lipinski definition) is 3. The second-order valence-corrected chi connectivity index (χ2v) is 5.99. The van der Waals surface area contributed by atoms with Crippen molar-refractivity contribution in [2.24, 2.45) is 0 Å². The van der Waals surface area contributed by atoms with Crippen molar-refractivity contribution in [2.45, 2.75) is 25.9 Å². The van der Waals surface area contributed by atoms with Gasteiger partial charge in [0.1, 0.15) is 12.3 Å². The van der Waals surface area contributed by atoms with E-state index in [-0.39, 0.29) is 18.4 Å². The molecule has 0 unspecified atom stereocenters. The highest BCUT2D eigenvalue weighted by molar-refractivity contribution is 6.03. The highest BCUT2D eigenvalue weighted by atomic mass is 16.5. The maximum Gasteiger partial charge on any atom is 0.268 e. The first-order valence-electron chi connectivity index (χ1n) is 8.56. The van der Waals surface area contributed by atoms with E-state index >= 15 is 0 Å². The second kappa shape index (κ2) is 7.83. The molecule has 0 saturated carbocycles. The standard InChI is InChI=1S/C20H22N2O3/c1-2-17-20(24)22(16-10-6-7-11-18(16)25-17)14-19(23)21-13-12-15-8-4-3-5-9-15/h3-11,17H,2,12-14H2,1H3,(H,21,23)/t17-/m1/s1. The molecule has 0 bridgehead atoms. The largest absolute Gasteiger partial charge is 0.478 e. The van der Waals surface area contributed by atoms with E-state index in [0.717, 1.165) is 6.42 Å². The number of carbonyl (C=O) groups is 2. The van der Waals surface area contributed by atoms with E-state index in [1.807, 2.05) is 55.5 Å². The van der Waals surface area contributed by atoms with Crippen LogP contribution < -0.4 is 15.0 Å². The van der Waals surface area contributed by atoms with Crippen molar-refractivity contribution in [3.63, 3.8) is 0 Å². The average Bonchev–Trinajstić information content (AvgIpc) is 2.64. The molecule has 1 heterocycles. The van der Waals surface area contributed by atoms with Crippen LogP contribution in [0.25, 0.3) is 0 Å². The molecule has 2 aromatic carbocycles. The van der Waals surface area contributed by atoms with E-state index in [1.54, 1.807) is 6.07 Å². The third-order valence-corrected chi connectivity index (χ3v) is 4.22. The summed E-state index contributed by atoms with van der Waals surface area (Å²) in [5, 5.41) is 2.89. The van der Waals surface area contributed by atoms with Crippen molar-refractivity contribution in [1.29, 1.82) is 0 Å². The van der Waals surface area contributed by atoms with Gasteiger partial charge in [-0.3, -0.25) is 14.5 Å². The molecule has 5 heteroatoms. The van der Waals surface area contributed by atoms with Crippen molar-refractivity contribution in [2.75, 3.05) is 18.0 Å². The molecular formula is C20H22N2O3. The Balaban J connectivity index is 1.62.